The van der Waals surface area contributed by atoms with Crippen molar-refractivity contribution in [1.29, 1.82) is 0 Å². The average Bonchev–Trinajstić information content (AvgIpc) is 2.75. The van der Waals surface area contributed by atoms with Crippen LogP contribution in [-0.2, 0) is 9.53 Å². The van der Waals surface area contributed by atoms with E-state index in [4.69, 9.17) is 14.3 Å². The molecule has 1 atom stereocenters. The molecule has 2 heterocycles. The maximum atomic E-state index is 12.0. The Morgan fingerprint density at radius 1 is 1.53 bits per heavy atom. The molecule has 0 aromatic carbocycles. The Hall–Kier alpha value is -1.82. The van der Waals surface area contributed by atoms with Crippen molar-refractivity contribution in [1.82, 2.24) is 4.90 Å². The number of nitrogens with zero attached hydrogens (tertiary/aromatic N) is 1. The van der Waals surface area contributed by atoms with Crippen LogP contribution in [0.3, 0.4) is 0 Å². The monoisotopic (exact) mass is 239 g/mol. The summed E-state index contributed by atoms with van der Waals surface area (Å²) in [7, 11) is 0. The molecule has 1 N–H and O–H groups in total. The van der Waals surface area contributed by atoms with E-state index in [1.54, 1.807) is 13.0 Å². The van der Waals surface area contributed by atoms with Gasteiger partial charge < -0.3 is 19.2 Å². The molecule has 6 nitrogen and oxygen atoms in total. The summed E-state index contributed by atoms with van der Waals surface area (Å²) in [5.41, 5.74) is 0.438. The molecular weight excluding hydrogens is 226 g/mol. The zero-order valence-electron chi connectivity index (χ0n) is 9.38. The lowest BCUT2D eigenvalue weighted by Gasteiger charge is -2.30. The number of aryl methyl sites for hydroxylation is 1. The lowest BCUT2D eigenvalue weighted by Crippen LogP contribution is -2.48. The fourth-order valence-electron chi connectivity index (χ4n) is 1.72. The van der Waals surface area contributed by atoms with Gasteiger partial charge in [0.05, 0.1) is 18.7 Å². The summed E-state index contributed by atoms with van der Waals surface area (Å²) < 4.78 is 10.1. The van der Waals surface area contributed by atoms with Crippen molar-refractivity contribution in [2.24, 2.45) is 0 Å². The molecule has 0 radical (unpaired) electrons. The molecule has 1 amide bonds. The number of hydrogen-bond donors (Lipinski definition) is 1. The van der Waals surface area contributed by atoms with E-state index in [1.807, 2.05) is 0 Å². The molecule has 17 heavy (non-hydrogen) atoms. The Balaban J connectivity index is 2.07. The number of ether oxygens (including phenoxy) is 1. The first kappa shape index (κ1) is 11.7. The van der Waals surface area contributed by atoms with Crippen LogP contribution in [-0.4, -0.2) is 47.7 Å². The van der Waals surface area contributed by atoms with Crippen molar-refractivity contribution in [2.75, 3.05) is 19.7 Å². The largest absolute Gasteiger partial charge is 0.479 e. The van der Waals surface area contributed by atoms with Crippen LogP contribution in [0.4, 0.5) is 0 Å². The first-order chi connectivity index (χ1) is 8.08. The van der Waals surface area contributed by atoms with Gasteiger partial charge in [0, 0.05) is 6.54 Å². The van der Waals surface area contributed by atoms with E-state index in [0.29, 0.717) is 17.9 Å². The number of carboxylic acids is 1. The van der Waals surface area contributed by atoms with Gasteiger partial charge in [-0.25, -0.2) is 4.79 Å². The van der Waals surface area contributed by atoms with Crippen LogP contribution in [0.1, 0.15) is 16.1 Å². The van der Waals surface area contributed by atoms with Gasteiger partial charge in [-0.2, -0.15) is 0 Å². The second kappa shape index (κ2) is 4.58. The van der Waals surface area contributed by atoms with Gasteiger partial charge in [-0.1, -0.05) is 0 Å². The average molecular weight is 239 g/mol. The highest BCUT2D eigenvalue weighted by Gasteiger charge is 2.29. The van der Waals surface area contributed by atoms with Crippen LogP contribution in [0.5, 0.6) is 0 Å². The van der Waals surface area contributed by atoms with E-state index in [0.717, 1.165) is 0 Å². The molecule has 0 bridgehead atoms. The number of carbonyl (C=O) groups is 2. The molecule has 0 spiro atoms. The maximum Gasteiger partial charge on any atom is 0.334 e. The van der Waals surface area contributed by atoms with Gasteiger partial charge in [0.25, 0.3) is 5.91 Å². The van der Waals surface area contributed by atoms with Crippen LogP contribution in [0.25, 0.3) is 0 Å². The number of furan rings is 1. The lowest BCUT2D eigenvalue weighted by atomic mass is 10.2. The van der Waals surface area contributed by atoms with Gasteiger partial charge in [-0.15, -0.1) is 0 Å². The fourth-order valence-corrected chi connectivity index (χ4v) is 1.72. The van der Waals surface area contributed by atoms with E-state index < -0.39 is 12.1 Å². The number of aliphatic carboxylic acids is 1. The van der Waals surface area contributed by atoms with Crippen molar-refractivity contribution in [3.63, 3.8) is 0 Å². The van der Waals surface area contributed by atoms with Gasteiger partial charge in [0.15, 0.2) is 6.10 Å². The Kier molecular flexibility index (Phi) is 3.14. The van der Waals surface area contributed by atoms with Crippen molar-refractivity contribution in [2.45, 2.75) is 13.0 Å². The second-order valence-corrected chi connectivity index (χ2v) is 3.89. The quantitative estimate of drug-likeness (QED) is 0.813. The summed E-state index contributed by atoms with van der Waals surface area (Å²) in [5, 5.41) is 8.83. The number of amides is 1. The van der Waals surface area contributed by atoms with Gasteiger partial charge in [0.2, 0.25) is 0 Å². The Bertz CT molecular complexity index is 439. The summed E-state index contributed by atoms with van der Waals surface area (Å²) in [4.78, 5) is 24.2. The Morgan fingerprint density at radius 3 is 2.88 bits per heavy atom. The van der Waals surface area contributed by atoms with E-state index in [1.165, 1.54) is 11.2 Å². The number of hydrogen-bond acceptors (Lipinski definition) is 4. The SMILES string of the molecule is Cc1cc(C(=O)N2CCOC(C(=O)O)C2)co1. The molecular formula is C11H13NO5. The van der Waals surface area contributed by atoms with Crippen molar-refractivity contribution >= 4 is 11.9 Å². The summed E-state index contributed by atoms with van der Waals surface area (Å²) >= 11 is 0. The van der Waals surface area contributed by atoms with E-state index in [-0.39, 0.29) is 19.1 Å². The third kappa shape index (κ3) is 2.47. The predicted octanol–water partition coefficient (Wildman–Crippen LogP) is 0.514. The maximum absolute atomic E-state index is 12.0. The van der Waals surface area contributed by atoms with Crippen LogP contribution in [0, 0.1) is 6.92 Å². The molecule has 1 aliphatic heterocycles. The first-order valence-electron chi connectivity index (χ1n) is 5.27. The van der Waals surface area contributed by atoms with Crippen LogP contribution < -0.4 is 0 Å². The highest BCUT2D eigenvalue weighted by molar-refractivity contribution is 5.94. The standard InChI is InChI=1S/C11H13NO5/c1-7-4-8(6-17-7)10(13)12-2-3-16-9(5-12)11(14)15/h4,6,9H,2-3,5H2,1H3,(H,14,15). The van der Waals surface area contributed by atoms with Crippen LogP contribution in [0.15, 0.2) is 16.7 Å². The molecule has 1 fully saturated rings. The summed E-state index contributed by atoms with van der Waals surface area (Å²) in [5.74, 6) is -0.626. The van der Waals surface area contributed by atoms with Crippen molar-refractivity contribution < 1.29 is 23.8 Å². The Morgan fingerprint density at radius 2 is 2.29 bits per heavy atom. The zero-order chi connectivity index (χ0) is 12.4. The number of morpholine rings is 1. The number of carboxylic acid groups (broad SMARTS) is 1. The second-order valence-electron chi connectivity index (χ2n) is 3.89. The highest BCUT2D eigenvalue weighted by atomic mass is 16.5. The molecule has 2 rings (SSSR count). The third-order valence-corrected chi connectivity index (χ3v) is 2.61. The van der Waals surface area contributed by atoms with Gasteiger partial charge in [-0.05, 0) is 13.0 Å². The Labute approximate surface area is 97.8 Å². The first-order valence-corrected chi connectivity index (χ1v) is 5.27. The number of rotatable bonds is 2. The molecule has 0 aliphatic carbocycles. The highest BCUT2D eigenvalue weighted by Crippen LogP contribution is 2.13. The van der Waals surface area contributed by atoms with Crippen molar-refractivity contribution in [3.8, 4) is 0 Å². The minimum Gasteiger partial charge on any atom is -0.479 e. The van der Waals surface area contributed by atoms with Gasteiger partial charge >= 0.3 is 5.97 Å². The molecule has 1 saturated heterocycles. The van der Waals surface area contributed by atoms with E-state index >= 15 is 0 Å². The predicted molar refractivity (Wildman–Crippen MR) is 56.7 cm³/mol. The van der Waals surface area contributed by atoms with E-state index in [9.17, 15) is 9.59 Å². The van der Waals surface area contributed by atoms with Crippen LogP contribution >= 0.6 is 0 Å². The summed E-state index contributed by atoms with van der Waals surface area (Å²) in [6, 6.07) is 1.63. The topological polar surface area (TPSA) is 80.0 Å². The smallest absolute Gasteiger partial charge is 0.334 e. The fraction of sp³-hybridized carbons (Fsp3) is 0.455. The lowest BCUT2D eigenvalue weighted by molar-refractivity contribution is -0.154. The number of carbonyl (C=O) groups excluding carboxylic acids is 1. The minimum absolute atomic E-state index is 0.0679. The molecule has 1 aliphatic rings. The molecule has 6 heteroatoms. The third-order valence-electron chi connectivity index (χ3n) is 2.61. The van der Waals surface area contributed by atoms with Crippen LogP contribution in [0.2, 0.25) is 0 Å². The molecule has 1 unspecified atom stereocenters. The van der Waals surface area contributed by atoms with Gasteiger partial charge in [-0.3, -0.25) is 4.79 Å². The van der Waals surface area contributed by atoms with Gasteiger partial charge in [0.1, 0.15) is 12.0 Å². The minimum atomic E-state index is -1.05. The molecule has 1 aromatic rings. The molecule has 92 valence electrons. The summed E-state index contributed by atoms with van der Waals surface area (Å²) in [6.45, 7) is 2.45. The summed E-state index contributed by atoms with van der Waals surface area (Å²) in [6.07, 6.45) is 0.434. The molecule has 1 aromatic heterocycles. The zero-order valence-corrected chi connectivity index (χ0v) is 9.38. The van der Waals surface area contributed by atoms with E-state index in [2.05, 4.69) is 0 Å². The van der Waals surface area contributed by atoms with Crippen molar-refractivity contribution in [3.05, 3.63) is 23.7 Å². The molecule has 0 saturated carbocycles. The normalized spacial score (nSPS) is 20.3.